The number of nitrogens with zero attached hydrogens (tertiary/aromatic N) is 1. The molecule has 0 heterocycles. The average molecular weight is 291 g/mol. The van der Waals surface area contributed by atoms with Crippen LogP contribution in [0.25, 0.3) is 0 Å². The summed E-state index contributed by atoms with van der Waals surface area (Å²) in [7, 11) is 0. The van der Waals surface area contributed by atoms with E-state index in [4.69, 9.17) is 0 Å². The fraction of sp³-hybridized carbons (Fsp3) is 0.0667. The Labute approximate surface area is 118 Å². The van der Waals surface area contributed by atoms with E-state index in [1.165, 1.54) is 36.4 Å². The molecule has 6 heteroatoms. The van der Waals surface area contributed by atoms with Crippen LogP contribution < -0.4 is 0 Å². The number of halogens is 3. The molecule has 0 aromatic heterocycles. The molecule has 3 nitrogen and oxygen atoms in total. The van der Waals surface area contributed by atoms with E-state index in [1.54, 1.807) is 0 Å². The second-order valence-corrected chi connectivity index (χ2v) is 4.13. The van der Waals surface area contributed by atoms with Crippen molar-refractivity contribution >= 4 is 5.69 Å². The smallest absolute Gasteiger partial charge is 0.258 e. The maximum Gasteiger partial charge on any atom is 0.416 e. The van der Waals surface area contributed by atoms with E-state index in [2.05, 4.69) is 11.8 Å². The Bertz CT molecular complexity index is 725. The van der Waals surface area contributed by atoms with Crippen LogP contribution in [0, 0.1) is 22.0 Å². The Hall–Kier alpha value is -2.81. The molecular weight excluding hydrogens is 283 g/mol. The van der Waals surface area contributed by atoms with E-state index in [1.807, 2.05) is 0 Å². The van der Waals surface area contributed by atoms with E-state index in [0.717, 1.165) is 12.1 Å². The van der Waals surface area contributed by atoms with Gasteiger partial charge >= 0.3 is 6.18 Å². The van der Waals surface area contributed by atoms with Crippen LogP contribution in [0.2, 0.25) is 0 Å². The molecule has 2 aromatic carbocycles. The Morgan fingerprint density at radius 2 is 1.57 bits per heavy atom. The molecule has 0 radical (unpaired) electrons. The summed E-state index contributed by atoms with van der Waals surface area (Å²) < 4.78 is 37.6. The third-order valence-corrected chi connectivity index (χ3v) is 2.62. The van der Waals surface area contributed by atoms with Gasteiger partial charge in [-0.2, -0.15) is 13.2 Å². The molecule has 0 bridgehead atoms. The van der Waals surface area contributed by atoms with Gasteiger partial charge < -0.3 is 0 Å². The third kappa shape index (κ3) is 3.83. The Morgan fingerprint density at radius 3 is 2.14 bits per heavy atom. The van der Waals surface area contributed by atoms with Gasteiger partial charge in [0.05, 0.1) is 10.5 Å². The molecule has 0 aliphatic rings. The Morgan fingerprint density at radius 1 is 0.952 bits per heavy atom. The summed E-state index contributed by atoms with van der Waals surface area (Å²) in [5, 5.41) is 10.5. The second kappa shape index (κ2) is 5.67. The van der Waals surface area contributed by atoms with Crippen molar-refractivity contribution in [3.05, 3.63) is 75.3 Å². The van der Waals surface area contributed by atoms with Crippen molar-refractivity contribution in [1.29, 1.82) is 0 Å². The van der Waals surface area contributed by atoms with E-state index in [-0.39, 0.29) is 11.3 Å². The zero-order chi connectivity index (χ0) is 15.5. The largest absolute Gasteiger partial charge is 0.416 e. The number of non-ortho nitro benzene ring substituents is 1. The predicted molar refractivity (Wildman–Crippen MR) is 70.5 cm³/mol. The first kappa shape index (κ1) is 14.6. The quantitative estimate of drug-likeness (QED) is 0.452. The maximum atomic E-state index is 12.5. The van der Waals surface area contributed by atoms with Crippen LogP contribution in [-0.2, 0) is 6.18 Å². The molecule has 0 saturated carbocycles. The van der Waals surface area contributed by atoms with Crippen molar-refractivity contribution in [2.24, 2.45) is 0 Å². The maximum absolute atomic E-state index is 12.5. The molecule has 2 rings (SSSR count). The molecule has 0 atom stereocenters. The molecule has 0 saturated heterocycles. The summed E-state index contributed by atoms with van der Waals surface area (Å²) in [6, 6.07) is 10.1. The molecule has 0 amide bonds. The number of alkyl halides is 3. The zero-order valence-corrected chi connectivity index (χ0v) is 10.5. The van der Waals surface area contributed by atoms with Gasteiger partial charge in [-0.1, -0.05) is 17.9 Å². The number of hydrogen-bond acceptors (Lipinski definition) is 2. The summed E-state index contributed by atoms with van der Waals surface area (Å²) in [5.74, 6) is 5.27. The highest BCUT2D eigenvalue weighted by molar-refractivity contribution is 5.46. The first-order valence-corrected chi connectivity index (χ1v) is 5.80. The van der Waals surface area contributed by atoms with Crippen molar-refractivity contribution in [1.82, 2.24) is 0 Å². The van der Waals surface area contributed by atoms with Gasteiger partial charge in [0, 0.05) is 23.3 Å². The lowest BCUT2D eigenvalue weighted by molar-refractivity contribution is -0.384. The third-order valence-electron chi connectivity index (χ3n) is 2.62. The van der Waals surface area contributed by atoms with E-state index in [9.17, 15) is 23.3 Å². The number of rotatable bonds is 1. The van der Waals surface area contributed by atoms with Gasteiger partial charge in [-0.15, -0.1) is 0 Å². The van der Waals surface area contributed by atoms with Gasteiger partial charge in [-0.05, 0) is 30.3 Å². The minimum absolute atomic E-state index is 0.0698. The lowest BCUT2D eigenvalue weighted by Crippen LogP contribution is -2.04. The van der Waals surface area contributed by atoms with Crippen LogP contribution in [0.5, 0.6) is 0 Å². The van der Waals surface area contributed by atoms with Crippen LogP contribution in [0.15, 0.2) is 48.5 Å². The first-order chi connectivity index (χ1) is 9.86. The van der Waals surface area contributed by atoms with Crippen molar-refractivity contribution in [3.8, 4) is 11.8 Å². The summed E-state index contributed by atoms with van der Waals surface area (Å²) in [6.45, 7) is 0. The van der Waals surface area contributed by atoms with Gasteiger partial charge in [0.2, 0.25) is 0 Å². The molecule has 0 aliphatic heterocycles. The fourth-order valence-corrected chi connectivity index (χ4v) is 1.58. The average Bonchev–Trinajstić information content (AvgIpc) is 2.45. The minimum atomic E-state index is -4.41. The summed E-state index contributed by atoms with van der Waals surface area (Å²) in [6.07, 6.45) is -4.41. The van der Waals surface area contributed by atoms with Gasteiger partial charge in [-0.3, -0.25) is 10.1 Å². The number of nitro groups is 1. The second-order valence-electron chi connectivity index (χ2n) is 4.13. The van der Waals surface area contributed by atoms with Crippen LogP contribution >= 0.6 is 0 Å². The molecule has 0 N–H and O–H groups in total. The Kier molecular flexibility index (Phi) is 3.94. The lowest BCUT2D eigenvalue weighted by Gasteiger charge is -2.05. The molecule has 0 fully saturated rings. The predicted octanol–water partition coefficient (Wildman–Crippen LogP) is 4.01. The van der Waals surface area contributed by atoms with Gasteiger partial charge in [0.25, 0.3) is 5.69 Å². The van der Waals surface area contributed by atoms with Gasteiger partial charge in [0.1, 0.15) is 0 Å². The monoisotopic (exact) mass is 291 g/mol. The van der Waals surface area contributed by atoms with Crippen LogP contribution in [0.4, 0.5) is 18.9 Å². The highest BCUT2D eigenvalue weighted by Gasteiger charge is 2.30. The number of hydrogen-bond donors (Lipinski definition) is 0. The standard InChI is InChI=1S/C15H8F3NO2/c16-15(17,18)13-3-1-2-12(10-13)5-4-11-6-8-14(9-7-11)19(20)21/h1-3,6-10H. The first-order valence-electron chi connectivity index (χ1n) is 5.80. The lowest BCUT2D eigenvalue weighted by atomic mass is 10.1. The molecule has 0 unspecified atom stereocenters. The normalized spacial score (nSPS) is 10.6. The van der Waals surface area contributed by atoms with Crippen LogP contribution in [-0.4, -0.2) is 4.92 Å². The van der Waals surface area contributed by atoms with Gasteiger partial charge in [0.15, 0.2) is 0 Å². The zero-order valence-electron chi connectivity index (χ0n) is 10.5. The summed E-state index contributed by atoms with van der Waals surface area (Å²) in [4.78, 5) is 9.95. The van der Waals surface area contributed by atoms with Crippen molar-refractivity contribution < 1.29 is 18.1 Å². The van der Waals surface area contributed by atoms with Crippen molar-refractivity contribution in [3.63, 3.8) is 0 Å². The summed E-state index contributed by atoms with van der Waals surface area (Å²) >= 11 is 0. The van der Waals surface area contributed by atoms with Gasteiger partial charge in [-0.25, -0.2) is 0 Å². The highest BCUT2D eigenvalue weighted by atomic mass is 19.4. The molecule has 21 heavy (non-hydrogen) atoms. The molecule has 0 spiro atoms. The summed E-state index contributed by atoms with van der Waals surface area (Å²) in [5.41, 5.74) is -0.126. The Balaban J connectivity index is 2.25. The molecule has 2 aromatic rings. The fourth-order valence-electron chi connectivity index (χ4n) is 1.58. The topological polar surface area (TPSA) is 43.1 Å². The number of benzene rings is 2. The molecular formula is C15H8F3NO2. The van der Waals surface area contributed by atoms with Crippen molar-refractivity contribution in [2.45, 2.75) is 6.18 Å². The molecule has 0 aliphatic carbocycles. The van der Waals surface area contributed by atoms with Crippen LogP contribution in [0.3, 0.4) is 0 Å². The van der Waals surface area contributed by atoms with Crippen LogP contribution in [0.1, 0.15) is 16.7 Å². The van der Waals surface area contributed by atoms with E-state index >= 15 is 0 Å². The minimum Gasteiger partial charge on any atom is -0.258 e. The molecule has 106 valence electrons. The van der Waals surface area contributed by atoms with E-state index in [0.29, 0.717) is 5.56 Å². The van der Waals surface area contributed by atoms with Crippen molar-refractivity contribution in [2.75, 3.05) is 0 Å². The van der Waals surface area contributed by atoms with E-state index < -0.39 is 16.7 Å². The SMILES string of the molecule is O=[N+]([O-])c1ccc(C#Cc2cccc(C(F)(F)F)c2)cc1. The number of nitro benzene ring substituents is 1. The highest BCUT2D eigenvalue weighted by Crippen LogP contribution is 2.29.